The van der Waals surface area contributed by atoms with Crippen LogP contribution < -0.4 is 5.43 Å². The van der Waals surface area contributed by atoms with Gasteiger partial charge in [0.05, 0.1) is 35.1 Å². The van der Waals surface area contributed by atoms with Crippen LogP contribution in [0.1, 0.15) is 24.3 Å². The first-order chi connectivity index (χ1) is 17.7. The minimum absolute atomic E-state index is 0.128. The molecule has 0 bridgehead atoms. The van der Waals surface area contributed by atoms with E-state index in [2.05, 4.69) is 25.9 Å². The van der Waals surface area contributed by atoms with Crippen molar-refractivity contribution in [2.45, 2.75) is 13.8 Å². The maximum absolute atomic E-state index is 11.4. The van der Waals surface area contributed by atoms with Gasteiger partial charge in [0.25, 0.3) is 0 Å². The van der Waals surface area contributed by atoms with Crippen LogP contribution in [0.4, 0.5) is 5.69 Å². The number of halogens is 4. The minimum Gasteiger partial charge on any atom is -0.461 e. The van der Waals surface area contributed by atoms with Crippen molar-refractivity contribution in [3.05, 3.63) is 68.4 Å². The number of benzene rings is 2. The first-order valence-electron chi connectivity index (χ1n) is 10.4. The number of hydrazone groups is 1. The highest BCUT2D eigenvalue weighted by Gasteiger charge is 2.14. The molecule has 0 fully saturated rings. The Morgan fingerprint density at radius 2 is 1.68 bits per heavy atom. The van der Waals surface area contributed by atoms with E-state index in [1.165, 1.54) is 17.1 Å². The largest absolute Gasteiger partial charge is 0.461 e. The van der Waals surface area contributed by atoms with Crippen molar-refractivity contribution < 1.29 is 24.3 Å². The van der Waals surface area contributed by atoms with Gasteiger partial charge >= 0.3 is 11.9 Å². The second-order valence-corrected chi connectivity index (χ2v) is 8.22. The fraction of sp³-hybridized carbons (Fsp3) is 0.182. The smallest absolute Gasteiger partial charge is 0.360 e. The van der Waals surface area contributed by atoms with Gasteiger partial charge in [0.2, 0.25) is 0 Å². The molecule has 15 heteroatoms. The van der Waals surface area contributed by atoms with Crippen LogP contribution in [0.15, 0.2) is 52.9 Å². The van der Waals surface area contributed by atoms with E-state index in [4.69, 9.17) is 61.1 Å². The molecule has 0 radical (unpaired) electrons. The van der Waals surface area contributed by atoms with Crippen LogP contribution in [0.5, 0.6) is 0 Å². The summed E-state index contributed by atoms with van der Waals surface area (Å²) < 4.78 is 9.55. The summed E-state index contributed by atoms with van der Waals surface area (Å²) in [5, 5.41) is 24.6. The van der Waals surface area contributed by atoms with Crippen LogP contribution in [0.3, 0.4) is 0 Å². The summed E-state index contributed by atoms with van der Waals surface area (Å²) in [7, 11) is 0. The molecule has 0 atom stereocenters. The normalized spacial score (nSPS) is 11.0. The Morgan fingerprint density at radius 3 is 2.27 bits per heavy atom. The van der Waals surface area contributed by atoms with Gasteiger partial charge in [-0.3, -0.25) is 5.43 Å². The highest BCUT2D eigenvalue weighted by atomic mass is 35.5. The van der Waals surface area contributed by atoms with Gasteiger partial charge in [0.15, 0.2) is 11.4 Å². The molecule has 2 N–H and O–H groups in total. The van der Waals surface area contributed by atoms with E-state index in [9.17, 15) is 9.59 Å². The number of hydrogen-bond acceptors (Lipinski definition) is 10. The molecular weight excluding hydrogens is 570 g/mol. The zero-order chi connectivity index (χ0) is 27.4. The molecule has 0 aliphatic heterocycles. The topological polar surface area (TPSA) is 140 Å². The van der Waals surface area contributed by atoms with Crippen LogP contribution in [0.2, 0.25) is 20.1 Å². The molecule has 11 nitrogen and oxygen atoms in total. The minimum atomic E-state index is -0.724. The van der Waals surface area contributed by atoms with Crippen molar-refractivity contribution >= 4 is 76.0 Å². The highest BCUT2D eigenvalue weighted by molar-refractivity contribution is 6.59. The average molecular weight is 590 g/mol. The predicted molar refractivity (Wildman–Crippen MR) is 142 cm³/mol. The molecule has 3 rings (SSSR count). The number of hydrogen-bond donors (Lipinski definition) is 2. The molecule has 0 amide bonds. The van der Waals surface area contributed by atoms with E-state index in [1.54, 1.807) is 44.2 Å². The second kappa shape index (κ2) is 15.0. The zero-order valence-electron chi connectivity index (χ0n) is 19.4. The van der Waals surface area contributed by atoms with Crippen molar-refractivity contribution in [1.82, 2.24) is 15.0 Å². The lowest BCUT2D eigenvalue weighted by atomic mass is 10.3. The lowest BCUT2D eigenvalue weighted by molar-refractivity contribution is -0.134. The third-order valence-electron chi connectivity index (χ3n) is 3.99. The molecule has 1 heterocycles. The van der Waals surface area contributed by atoms with Crippen LogP contribution in [0.25, 0.3) is 5.69 Å². The Labute approximate surface area is 231 Å². The fourth-order valence-corrected chi connectivity index (χ4v) is 3.34. The van der Waals surface area contributed by atoms with Crippen LogP contribution in [-0.4, -0.2) is 57.3 Å². The predicted octanol–water partition coefficient (Wildman–Crippen LogP) is 5.54. The molecule has 0 aliphatic carbocycles. The van der Waals surface area contributed by atoms with E-state index in [-0.39, 0.29) is 24.6 Å². The lowest BCUT2D eigenvalue weighted by Gasteiger charge is -2.05. The maximum Gasteiger partial charge on any atom is 0.360 e. The van der Waals surface area contributed by atoms with Crippen LogP contribution in [-0.2, 0) is 14.3 Å². The monoisotopic (exact) mass is 588 g/mol. The molecule has 196 valence electrons. The van der Waals surface area contributed by atoms with Crippen molar-refractivity contribution in [1.29, 1.82) is 0 Å². The van der Waals surface area contributed by atoms with Crippen molar-refractivity contribution in [2.24, 2.45) is 10.3 Å². The van der Waals surface area contributed by atoms with E-state index >= 15 is 0 Å². The number of anilines is 1. The van der Waals surface area contributed by atoms with Gasteiger partial charge < -0.3 is 14.7 Å². The SMILES string of the molecule is CCOC(=O)C(/C=N/O)=N/Nc1ccc(Cl)cc1Cl.CCOC(=O)c1cnn(-c2ccc(Cl)cc2Cl)n1. The molecular formula is C22H20Cl4N6O5. The molecule has 2 aromatic carbocycles. The molecule has 0 unspecified atom stereocenters. The summed E-state index contributed by atoms with van der Waals surface area (Å²) in [6.45, 7) is 3.83. The van der Waals surface area contributed by atoms with Crippen molar-refractivity contribution in [3.63, 3.8) is 0 Å². The second-order valence-electron chi connectivity index (χ2n) is 6.53. The quantitative estimate of drug-likeness (QED) is 0.151. The number of rotatable bonds is 8. The third-order valence-corrected chi connectivity index (χ3v) is 5.08. The lowest BCUT2D eigenvalue weighted by Crippen LogP contribution is -2.20. The summed E-state index contributed by atoms with van der Waals surface area (Å²) in [6, 6.07) is 9.62. The first kappa shape index (κ1) is 29.8. The fourth-order valence-electron chi connectivity index (χ4n) is 2.41. The zero-order valence-corrected chi connectivity index (χ0v) is 22.4. The Bertz CT molecular complexity index is 1300. The molecule has 37 heavy (non-hydrogen) atoms. The molecule has 0 saturated heterocycles. The summed E-state index contributed by atoms with van der Waals surface area (Å²) in [4.78, 5) is 24.1. The number of esters is 2. The van der Waals surface area contributed by atoms with Gasteiger partial charge in [0, 0.05) is 10.0 Å². The van der Waals surface area contributed by atoms with Gasteiger partial charge in [-0.1, -0.05) is 51.6 Å². The Balaban J connectivity index is 0.000000260. The van der Waals surface area contributed by atoms with E-state index < -0.39 is 11.9 Å². The Hall–Kier alpha value is -3.38. The Kier molecular flexibility index (Phi) is 12.1. The van der Waals surface area contributed by atoms with Gasteiger partial charge in [-0.15, -0.1) is 9.90 Å². The van der Waals surface area contributed by atoms with Gasteiger partial charge in [0.1, 0.15) is 11.9 Å². The Morgan fingerprint density at radius 1 is 1.03 bits per heavy atom. The summed E-state index contributed by atoms with van der Waals surface area (Å²) in [6.07, 6.45) is 2.18. The molecule has 0 saturated carbocycles. The number of carbonyl (C=O) groups is 2. The van der Waals surface area contributed by atoms with Crippen LogP contribution >= 0.6 is 46.4 Å². The van der Waals surface area contributed by atoms with E-state index in [0.717, 1.165) is 6.21 Å². The number of oxime groups is 1. The summed E-state index contributed by atoms with van der Waals surface area (Å²) in [5.74, 6) is -1.24. The van der Waals surface area contributed by atoms with Gasteiger partial charge in [-0.2, -0.15) is 10.2 Å². The van der Waals surface area contributed by atoms with E-state index in [1.807, 2.05) is 0 Å². The maximum atomic E-state index is 11.4. The summed E-state index contributed by atoms with van der Waals surface area (Å²) >= 11 is 23.5. The molecule has 0 aliphatic rings. The van der Waals surface area contributed by atoms with Crippen LogP contribution in [0, 0.1) is 0 Å². The average Bonchev–Trinajstić information content (AvgIpc) is 3.33. The van der Waals surface area contributed by atoms with Crippen molar-refractivity contribution in [2.75, 3.05) is 18.6 Å². The van der Waals surface area contributed by atoms with Gasteiger partial charge in [-0.25, -0.2) is 9.59 Å². The summed E-state index contributed by atoms with van der Waals surface area (Å²) in [5.41, 5.74) is 3.47. The molecule has 3 aromatic rings. The number of carbonyl (C=O) groups excluding carboxylic acids is 2. The van der Waals surface area contributed by atoms with Crippen molar-refractivity contribution in [3.8, 4) is 5.69 Å². The highest BCUT2D eigenvalue weighted by Crippen LogP contribution is 2.25. The third kappa shape index (κ3) is 9.21. The number of aromatic nitrogens is 3. The number of ether oxygens (including phenoxy) is 2. The van der Waals surface area contributed by atoms with E-state index in [0.29, 0.717) is 31.5 Å². The standard InChI is InChI=1S/C11H11Cl2N3O3.C11H9Cl2N3O2/c1-2-19-11(17)10(6-14-18)16-15-9-4-3-7(12)5-8(9)13;1-2-18-11(17)9-6-14-16(15-9)10-4-3-7(12)5-8(10)13/h3-6,15,18H,2H2,1H3;3-6H,2H2,1H3/b14-6+,16-10+;. The number of nitrogens with one attached hydrogen (secondary N) is 1. The molecule has 1 aromatic heterocycles. The van der Waals surface area contributed by atoms with Gasteiger partial charge in [-0.05, 0) is 50.2 Å². The number of nitrogens with zero attached hydrogens (tertiary/aromatic N) is 5. The molecule has 0 spiro atoms. The first-order valence-corrected chi connectivity index (χ1v) is 11.9.